The molecule has 1 saturated heterocycles. The Morgan fingerprint density at radius 2 is 2.30 bits per heavy atom. The summed E-state index contributed by atoms with van der Waals surface area (Å²) in [7, 11) is 0.476. The third-order valence-corrected chi connectivity index (χ3v) is 4.44. The van der Waals surface area contributed by atoms with E-state index in [1.54, 1.807) is 11.6 Å². The van der Waals surface area contributed by atoms with Gasteiger partial charge >= 0.3 is 18.7 Å². The molecule has 1 N–H and O–H groups in total. The van der Waals surface area contributed by atoms with Gasteiger partial charge in [-0.3, -0.25) is 10.1 Å². The van der Waals surface area contributed by atoms with Crippen LogP contribution in [0.2, 0.25) is 11.8 Å². The second-order valence-electron chi connectivity index (χ2n) is 6.07. The van der Waals surface area contributed by atoms with Crippen LogP contribution in [0.5, 0.6) is 5.75 Å². The summed E-state index contributed by atoms with van der Waals surface area (Å²) in [5, 5.41) is 20.8. The van der Waals surface area contributed by atoms with Gasteiger partial charge in [0, 0.05) is 12.1 Å². The maximum absolute atomic E-state index is 14.8. The van der Waals surface area contributed by atoms with Crippen LogP contribution in [-0.4, -0.2) is 54.6 Å². The molecule has 146 valence electrons. The van der Waals surface area contributed by atoms with Crippen molar-refractivity contribution in [1.82, 2.24) is 4.81 Å². The van der Waals surface area contributed by atoms with Crippen LogP contribution in [0.4, 0.5) is 10.1 Å². The molecule has 1 heterocycles. The third kappa shape index (κ3) is 5.18. The second kappa shape index (κ2) is 9.16. The molecule has 0 aliphatic carbocycles. The zero-order chi connectivity index (χ0) is 20.1. The van der Waals surface area contributed by atoms with Gasteiger partial charge in [0.15, 0.2) is 6.61 Å². The van der Waals surface area contributed by atoms with E-state index in [1.807, 2.05) is 0 Å². The molecule has 0 radical (unpaired) electrons. The number of hydrogen-bond acceptors (Lipinski definition) is 7. The van der Waals surface area contributed by atoms with Gasteiger partial charge in [-0.25, -0.2) is 4.79 Å². The van der Waals surface area contributed by atoms with Crippen LogP contribution in [0.3, 0.4) is 0 Å². The van der Waals surface area contributed by atoms with Crippen LogP contribution in [0.15, 0.2) is 11.6 Å². The molecule has 0 amide bonds. The zero-order valence-corrected chi connectivity index (χ0v) is 15.7. The zero-order valence-electron chi connectivity index (χ0n) is 14.9. The number of halogens is 2. The minimum atomic E-state index is -1.11. The number of methoxy groups -OCH3 is 1. The molecule has 0 unspecified atom stereocenters. The number of carbonyl (C=O) groups is 1. The standard InChI is InChI=1S/C16H19BClFN2O6/c1-17(23)20-5-3-4-10(8-20)6-11-7-12(18)16(27-9-13(22)26-2)15(14(11)19)21(24)25/h6-7,23H,3-5,8-9H2,1-2H3/b10-6+. The number of piperidine rings is 1. The number of nitrogens with zero attached hydrogens (tertiary/aromatic N) is 2. The number of esters is 1. The predicted molar refractivity (Wildman–Crippen MR) is 98.2 cm³/mol. The van der Waals surface area contributed by atoms with Crippen LogP contribution in [0.25, 0.3) is 6.08 Å². The third-order valence-electron chi connectivity index (χ3n) is 4.16. The molecule has 27 heavy (non-hydrogen) atoms. The second-order valence-corrected chi connectivity index (χ2v) is 6.48. The smallest absolute Gasteiger partial charge is 0.376 e. The molecular weight excluding hydrogens is 381 g/mol. The van der Waals surface area contributed by atoms with Gasteiger partial charge in [-0.1, -0.05) is 23.3 Å². The average molecular weight is 401 g/mol. The first-order chi connectivity index (χ1) is 12.7. The summed E-state index contributed by atoms with van der Waals surface area (Å²) in [5.41, 5.74) is -0.185. The molecule has 0 saturated carbocycles. The topological polar surface area (TPSA) is 102 Å². The highest BCUT2D eigenvalue weighted by molar-refractivity contribution is 6.45. The lowest BCUT2D eigenvalue weighted by molar-refractivity contribution is -0.388. The highest BCUT2D eigenvalue weighted by atomic mass is 35.5. The lowest BCUT2D eigenvalue weighted by Gasteiger charge is -2.29. The Balaban J connectivity index is 2.40. The van der Waals surface area contributed by atoms with Crippen molar-refractivity contribution in [2.24, 2.45) is 0 Å². The molecule has 1 aromatic carbocycles. The van der Waals surface area contributed by atoms with E-state index in [4.69, 9.17) is 16.3 Å². The number of nitro groups is 1. The van der Waals surface area contributed by atoms with Crippen LogP contribution >= 0.6 is 11.6 Å². The van der Waals surface area contributed by atoms with Crippen molar-refractivity contribution in [3.05, 3.63) is 38.2 Å². The maximum atomic E-state index is 14.8. The first-order valence-corrected chi connectivity index (χ1v) is 8.60. The van der Waals surface area contributed by atoms with Gasteiger partial charge in [0.1, 0.15) is 0 Å². The molecule has 11 heteroatoms. The minimum Gasteiger partial charge on any atom is -0.474 e. The van der Waals surface area contributed by atoms with Crippen LogP contribution in [-0.2, 0) is 9.53 Å². The Kier molecular flexibility index (Phi) is 7.17. The number of ether oxygens (including phenoxy) is 2. The predicted octanol–water partition coefficient (Wildman–Crippen LogP) is 2.53. The molecule has 0 spiro atoms. The Morgan fingerprint density at radius 3 is 2.89 bits per heavy atom. The molecule has 0 aromatic heterocycles. The molecule has 0 bridgehead atoms. The van der Waals surface area contributed by atoms with Gasteiger partial charge in [0.25, 0.3) is 0 Å². The van der Waals surface area contributed by atoms with E-state index >= 15 is 0 Å². The fraction of sp³-hybridized carbons (Fsp3) is 0.438. The molecule has 2 rings (SSSR count). The first-order valence-electron chi connectivity index (χ1n) is 8.22. The fourth-order valence-corrected chi connectivity index (χ4v) is 3.06. The molecule has 1 aliphatic heterocycles. The van der Waals surface area contributed by atoms with Crippen LogP contribution in [0, 0.1) is 15.9 Å². The summed E-state index contributed by atoms with van der Waals surface area (Å²) in [4.78, 5) is 23.4. The number of carbonyl (C=O) groups excluding carboxylic acids is 1. The molecule has 0 atom stereocenters. The largest absolute Gasteiger partial charge is 0.474 e. The first kappa shape index (κ1) is 21.1. The van der Waals surface area contributed by atoms with Crippen molar-refractivity contribution in [1.29, 1.82) is 0 Å². The summed E-state index contributed by atoms with van der Waals surface area (Å²) >= 11 is 6.05. The van der Waals surface area contributed by atoms with E-state index in [2.05, 4.69) is 4.74 Å². The van der Waals surface area contributed by atoms with Gasteiger partial charge in [0.2, 0.25) is 11.6 Å². The summed E-state index contributed by atoms with van der Waals surface area (Å²) < 4.78 is 24.2. The Hall–Kier alpha value is -2.17. The minimum absolute atomic E-state index is 0.0560. The number of nitro benzene ring substituents is 1. The maximum Gasteiger partial charge on any atom is 0.376 e. The summed E-state index contributed by atoms with van der Waals surface area (Å²) in [6.07, 6.45) is 2.94. The van der Waals surface area contributed by atoms with Gasteiger partial charge in [-0.2, -0.15) is 4.39 Å². The van der Waals surface area contributed by atoms with E-state index in [9.17, 15) is 24.3 Å². The lowest BCUT2D eigenvalue weighted by Crippen LogP contribution is -2.41. The van der Waals surface area contributed by atoms with Gasteiger partial charge in [-0.05, 0) is 32.3 Å². The Bertz CT molecular complexity index is 774. The summed E-state index contributed by atoms with van der Waals surface area (Å²) in [5.74, 6) is -2.42. The molecule has 1 aromatic rings. The van der Waals surface area contributed by atoms with E-state index < -0.39 is 41.8 Å². The quantitative estimate of drug-likeness (QED) is 0.339. The Morgan fingerprint density at radius 1 is 1.59 bits per heavy atom. The van der Waals surface area contributed by atoms with Crippen molar-refractivity contribution in [3.8, 4) is 5.75 Å². The fourth-order valence-electron chi connectivity index (χ4n) is 2.80. The van der Waals surface area contributed by atoms with Crippen molar-refractivity contribution >= 4 is 36.4 Å². The van der Waals surface area contributed by atoms with Crippen molar-refractivity contribution in [2.75, 3.05) is 26.8 Å². The van der Waals surface area contributed by atoms with Crippen molar-refractivity contribution < 1.29 is 28.6 Å². The summed E-state index contributed by atoms with van der Waals surface area (Å²) in [6, 6.07) is 1.21. The van der Waals surface area contributed by atoms with E-state index in [0.29, 0.717) is 19.5 Å². The van der Waals surface area contributed by atoms with Gasteiger partial charge < -0.3 is 19.3 Å². The SMILES string of the molecule is COC(=O)COc1c(Cl)cc(/C=C2\CCCN(B(C)O)C2)c(F)c1[N+](=O)[O-]. The van der Waals surface area contributed by atoms with E-state index in [0.717, 1.165) is 19.1 Å². The summed E-state index contributed by atoms with van der Waals surface area (Å²) in [6.45, 7) is 2.13. The average Bonchev–Trinajstić information content (AvgIpc) is 2.62. The molecular formula is C16H19BClFN2O6. The Labute approximate surface area is 160 Å². The number of rotatable bonds is 6. The molecule has 1 fully saturated rings. The lowest BCUT2D eigenvalue weighted by atomic mass is 9.82. The van der Waals surface area contributed by atoms with Gasteiger partial charge in [-0.15, -0.1) is 0 Å². The molecule has 8 nitrogen and oxygen atoms in total. The normalized spacial score (nSPS) is 16.3. The molecule has 1 aliphatic rings. The monoisotopic (exact) mass is 400 g/mol. The highest BCUT2D eigenvalue weighted by Gasteiger charge is 2.29. The van der Waals surface area contributed by atoms with Crippen molar-refractivity contribution in [2.45, 2.75) is 19.7 Å². The van der Waals surface area contributed by atoms with Crippen LogP contribution in [0.1, 0.15) is 18.4 Å². The van der Waals surface area contributed by atoms with Crippen molar-refractivity contribution in [3.63, 3.8) is 0 Å². The number of benzene rings is 1. The number of hydrogen-bond donors (Lipinski definition) is 1. The van der Waals surface area contributed by atoms with Gasteiger partial charge in [0.05, 0.1) is 17.1 Å². The highest BCUT2D eigenvalue weighted by Crippen LogP contribution is 2.40. The van der Waals surface area contributed by atoms with Crippen LogP contribution < -0.4 is 4.74 Å². The van der Waals surface area contributed by atoms with E-state index in [-0.39, 0.29) is 10.6 Å². The van der Waals surface area contributed by atoms with E-state index in [1.165, 1.54) is 12.1 Å².